The van der Waals surface area contributed by atoms with Crippen molar-refractivity contribution in [3.05, 3.63) is 12.2 Å². The summed E-state index contributed by atoms with van der Waals surface area (Å²) in [6.07, 6.45) is 3.97. The highest BCUT2D eigenvalue weighted by Gasteiger charge is 2.45. The molecule has 1 saturated heterocycles. The van der Waals surface area contributed by atoms with Crippen LogP contribution in [0.25, 0.3) is 0 Å². The summed E-state index contributed by atoms with van der Waals surface area (Å²) in [5, 5.41) is -0.0261. The molecule has 0 amide bonds. The van der Waals surface area contributed by atoms with Gasteiger partial charge in [0.2, 0.25) is 0 Å². The summed E-state index contributed by atoms with van der Waals surface area (Å²) < 4.78 is 11.1. The molecule has 0 aromatic heterocycles. The first-order valence-electron chi connectivity index (χ1n) is 3.76. The van der Waals surface area contributed by atoms with Crippen LogP contribution in [0, 0.1) is 0 Å². The molecular weight excluding hydrogens is 164 g/mol. The van der Waals surface area contributed by atoms with E-state index in [0.29, 0.717) is 0 Å². The maximum atomic E-state index is 5.95. The molecule has 0 bridgehead atoms. The first-order chi connectivity index (χ1) is 5.08. The highest BCUT2D eigenvalue weighted by molar-refractivity contribution is 6.22. The van der Waals surface area contributed by atoms with Gasteiger partial charge in [0.1, 0.15) is 12.2 Å². The van der Waals surface area contributed by atoms with Gasteiger partial charge in [-0.15, -0.1) is 11.6 Å². The van der Waals surface area contributed by atoms with E-state index < -0.39 is 5.79 Å². The topological polar surface area (TPSA) is 18.5 Å². The van der Waals surface area contributed by atoms with Crippen LogP contribution >= 0.6 is 11.6 Å². The molecule has 1 aliphatic carbocycles. The molecule has 0 spiro atoms. The molecule has 1 fully saturated rings. The number of rotatable bonds is 0. The molecule has 2 aliphatic rings. The predicted octanol–water partition coefficient (Wildman–Crippen LogP) is 1.68. The Balaban J connectivity index is 2.15. The van der Waals surface area contributed by atoms with Crippen LogP contribution in [0.1, 0.15) is 13.8 Å². The zero-order valence-electron chi connectivity index (χ0n) is 6.58. The van der Waals surface area contributed by atoms with Crippen LogP contribution in [-0.2, 0) is 9.47 Å². The molecule has 3 atom stereocenters. The normalized spacial score (nSPS) is 46.3. The van der Waals surface area contributed by atoms with Crippen LogP contribution in [0.15, 0.2) is 12.2 Å². The third kappa shape index (κ3) is 1.19. The van der Waals surface area contributed by atoms with Gasteiger partial charge in [0, 0.05) is 0 Å². The van der Waals surface area contributed by atoms with Crippen molar-refractivity contribution in [1.29, 1.82) is 0 Å². The molecular formula is C8H11ClO2. The molecule has 1 aliphatic heterocycles. The second kappa shape index (κ2) is 2.22. The summed E-state index contributed by atoms with van der Waals surface area (Å²) >= 11 is 5.95. The Morgan fingerprint density at radius 2 is 2.00 bits per heavy atom. The van der Waals surface area contributed by atoms with Gasteiger partial charge in [-0.2, -0.15) is 0 Å². The fraction of sp³-hybridized carbons (Fsp3) is 0.750. The summed E-state index contributed by atoms with van der Waals surface area (Å²) in [6, 6.07) is 0. The van der Waals surface area contributed by atoms with E-state index in [1.54, 1.807) is 0 Å². The lowest BCUT2D eigenvalue weighted by atomic mass is 10.2. The number of fused-ring (bicyclic) bond motifs is 1. The smallest absolute Gasteiger partial charge is 0.164 e. The average molecular weight is 175 g/mol. The second-order valence-electron chi connectivity index (χ2n) is 3.39. The van der Waals surface area contributed by atoms with Gasteiger partial charge in [0.05, 0.1) is 5.38 Å². The molecule has 0 radical (unpaired) electrons. The van der Waals surface area contributed by atoms with E-state index in [4.69, 9.17) is 21.1 Å². The van der Waals surface area contributed by atoms with Crippen molar-refractivity contribution in [1.82, 2.24) is 0 Å². The molecule has 3 heteroatoms. The van der Waals surface area contributed by atoms with Crippen molar-refractivity contribution >= 4 is 11.6 Å². The van der Waals surface area contributed by atoms with Gasteiger partial charge in [-0.1, -0.05) is 12.2 Å². The average Bonchev–Trinajstić information content (AvgIpc) is 2.31. The largest absolute Gasteiger partial charge is 0.342 e. The van der Waals surface area contributed by atoms with Crippen LogP contribution in [-0.4, -0.2) is 23.4 Å². The van der Waals surface area contributed by atoms with Gasteiger partial charge in [0.15, 0.2) is 5.79 Å². The molecule has 1 heterocycles. The minimum atomic E-state index is -0.465. The van der Waals surface area contributed by atoms with Crippen molar-refractivity contribution in [2.45, 2.75) is 37.2 Å². The number of hydrogen-bond donors (Lipinski definition) is 0. The molecule has 11 heavy (non-hydrogen) atoms. The van der Waals surface area contributed by atoms with Crippen LogP contribution < -0.4 is 0 Å². The Bertz CT molecular complexity index is 200. The summed E-state index contributed by atoms with van der Waals surface area (Å²) in [7, 11) is 0. The Kier molecular flexibility index (Phi) is 1.53. The van der Waals surface area contributed by atoms with E-state index in [0.717, 1.165) is 0 Å². The molecule has 0 saturated carbocycles. The van der Waals surface area contributed by atoms with E-state index in [-0.39, 0.29) is 17.6 Å². The monoisotopic (exact) mass is 174 g/mol. The zero-order chi connectivity index (χ0) is 8.06. The Labute approximate surface area is 71.1 Å². The van der Waals surface area contributed by atoms with E-state index in [1.165, 1.54) is 0 Å². The summed E-state index contributed by atoms with van der Waals surface area (Å²) in [5.74, 6) is -0.465. The van der Waals surface area contributed by atoms with Crippen molar-refractivity contribution in [3.8, 4) is 0 Å². The van der Waals surface area contributed by atoms with Crippen LogP contribution in [0.5, 0.6) is 0 Å². The van der Waals surface area contributed by atoms with Gasteiger partial charge < -0.3 is 9.47 Å². The standard InChI is InChI=1S/C8H11ClO2/c1-8(2)10-6-4-3-5(9)7(6)11-8/h3-7H,1-2H3/t5-,6-,7+/m0/s1. The summed E-state index contributed by atoms with van der Waals surface area (Å²) in [5.41, 5.74) is 0. The highest BCUT2D eigenvalue weighted by Crippen LogP contribution is 2.36. The predicted molar refractivity (Wildman–Crippen MR) is 42.6 cm³/mol. The van der Waals surface area contributed by atoms with Crippen molar-refractivity contribution in [2.24, 2.45) is 0 Å². The number of hydrogen-bond acceptors (Lipinski definition) is 2. The lowest BCUT2D eigenvalue weighted by Gasteiger charge is -2.17. The van der Waals surface area contributed by atoms with Gasteiger partial charge in [-0.3, -0.25) is 0 Å². The van der Waals surface area contributed by atoms with E-state index in [9.17, 15) is 0 Å². The maximum absolute atomic E-state index is 5.95. The lowest BCUT2D eigenvalue weighted by molar-refractivity contribution is -0.143. The molecule has 2 nitrogen and oxygen atoms in total. The summed E-state index contributed by atoms with van der Waals surface area (Å²) in [6.45, 7) is 3.81. The SMILES string of the molecule is CC1(C)O[C@H]2[C@H](C=C[C@@H]2Cl)O1. The minimum Gasteiger partial charge on any atom is -0.342 e. The first kappa shape index (κ1) is 7.59. The van der Waals surface area contributed by atoms with E-state index >= 15 is 0 Å². The van der Waals surface area contributed by atoms with Gasteiger partial charge in [-0.25, -0.2) is 0 Å². The number of ether oxygens (including phenoxy) is 2. The van der Waals surface area contributed by atoms with Crippen molar-refractivity contribution in [3.63, 3.8) is 0 Å². The van der Waals surface area contributed by atoms with Crippen molar-refractivity contribution in [2.75, 3.05) is 0 Å². The third-order valence-corrected chi connectivity index (χ3v) is 2.36. The van der Waals surface area contributed by atoms with Crippen LogP contribution in [0.3, 0.4) is 0 Å². The van der Waals surface area contributed by atoms with E-state index in [1.807, 2.05) is 26.0 Å². The quantitative estimate of drug-likeness (QED) is 0.411. The molecule has 0 unspecified atom stereocenters. The van der Waals surface area contributed by atoms with E-state index in [2.05, 4.69) is 0 Å². The third-order valence-electron chi connectivity index (χ3n) is 1.96. The molecule has 2 rings (SSSR count). The minimum absolute atomic E-state index is 0.0201. The lowest BCUT2D eigenvalue weighted by Crippen LogP contribution is -2.25. The van der Waals surface area contributed by atoms with Crippen molar-refractivity contribution < 1.29 is 9.47 Å². The molecule has 0 N–H and O–H groups in total. The van der Waals surface area contributed by atoms with Gasteiger partial charge >= 0.3 is 0 Å². The van der Waals surface area contributed by atoms with Crippen LogP contribution in [0.4, 0.5) is 0 Å². The highest BCUT2D eigenvalue weighted by atomic mass is 35.5. The summed E-state index contributed by atoms with van der Waals surface area (Å²) in [4.78, 5) is 0. The number of alkyl halides is 1. The second-order valence-corrected chi connectivity index (χ2v) is 3.90. The molecule has 62 valence electrons. The molecule has 0 aromatic rings. The maximum Gasteiger partial charge on any atom is 0.164 e. The van der Waals surface area contributed by atoms with Gasteiger partial charge in [0.25, 0.3) is 0 Å². The first-order valence-corrected chi connectivity index (χ1v) is 4.20. The number of halogens is 1. The fourth-order valence-corrected chi connectivity index (χ4v) is 1.82. The zero-order valence-corrected chi connectivity index (χ0v) is 7.34. The Morgan fingerprint density at radius 3 is 2.64 bits per heavy atom. The molecule has 0 aromatic carbocycles. The Morgan fingerprint density at radius 1 is 1.27 bits per heavy atom. The fourth-order valence-electron chi connectivity index (χ4n) is 1.54. The van der Waals surface area contributed by atoms with Gasteiger partial charge in [-0.05, 0) is 13.8 Å². The Hall–Kier alpha value is -0.0500. The van der Waals surface area contributed by atoms with Crippen LogP contribution in [0.2, 0.25) is 0 Å².